The van der Waals surface area contributed by atoms with Crippen LogP contribution in [0.1, 0.15) is 44.6 Å². The maximum Gasteiger partial charge on any atom is 0.261 e. The molecule has 33 heavy (non-hydrogen) atoms. The molecule has 1 aliphatic rings. The molecule has 1 fully saturated rings. The van der Waals surface area contributed by atoms with Crippen molar-refractivity contribution < 1.29 is 14.3 Å². The lowest BCUT2D eigenvalue weighted by atomic mass is 9.95. The molecule has 0 heterocycles. The lowest BCUT2D eigenvalue weighted by molar-refractivity contribution is -0.142. The monoisotopic (exact) mass is 530 g/mol. The summed E-state index contributed by atoms with van der Waals surface area (Å²) in [6.07, 6.45) is 5.28. The van der Waals surface area contributed by atoms with Crippen molar-refractivity contribution in [1.29, 1.82) is 0 Å². The largest absolute Gasteiger partial charge is 0.482 e. The number of nitrogens with zero attached hydrogens (tertiary/aromatic N) is 1. The van der Waals surface area contributed by atoms with Gasteiger partial charge < -0.3 is 15.0 Å². The number of ether oxygens (including phenoxy) is 1. The van der Waals surface area contributed by atoms with Gasteiger partial charge in [-0.05, 0) is 55.7 Å². The Bertz CT molecular complexity index is 996. The standard InChI is InChI=1S/C24H26Cl4N2O3/c1-15(24(32)29-19-5-3-2-4-6-19)30(13-16-7-8-17(25)11-20(16)27)23(31)14-33-22-10-9-18(26)12-21(22)28/h7-12,15,19H,2-6,13-14H2,1H3,(H,29,32)/t15-/m0/s1. The van der Waals surface area contributed by atoms with Crippen LogP contribution in [0.5, 0.6) is 5.75 Å². The quantitative estimate of drug-likeness (QED) is 0.420. The molecule has 0 unspecified atom stereocenters. The van der Waals surface area contributed by atoms with Crippen LogP contribution in [0.3, 0.4) is 0 Å². The smallest absolute Gasteiger partial charge is 0.261 e. The maximum atomic E-state index is 13.2. The average Bonchev–Trinajstić information content (AvgIpc) is 2.78. The summed E-state index contributed by atoms with van der Waals surface area (Å²) in [5.74, 6) is -0.249. The Balaban J connectivity index is 1.75. The molecule has 1 saturated carbocycles. The van der Waals surface area contributed by atoms with Gasteiger partial charge in [-0.25, -0.2) is 0 Å². The summed E-state index contributed by atoms with van der Waals surface area (Å²) in [5, 5.41) is 4.76. The second-order valence-electron chi connectivity index (χ2n) is 8.14. The van der Waals surface area contributed by atoms with Crippen LogP contribution in [0.4, 0.5) is 0 Å². The normalized spacial score (nSPS) is 15.1. The van der Waals surface area contributed by atoms with Gasteiger partial charge in [0.1, 0.15) is 11.8 Å². The van der Waals surface area contributed by atoms with Gasteiger partial charge in [-0.1, -0.05) is 71.7 Å². The minimum atomic E-state index is -0.726. The summed E-state index contributed by atoms with van der Waals surface area (Å²) in [6, 6.07) is 9.21. The molecule has 3 rings (SSSR count). The van der Waals surface area contributed by atoms with Crippen LogP contribution in [0, 0.1) is 0 Å². The summed E-state index contributed by atoms with van der Waals surface area (Å²) in [6.45, 7) is 1.54. The Labute approximate surface area is 214 Å². The minimum Gasteiger partial charge on any atom is -0.482 e. The number of amides is 2. The van der Waals surface area contributed by atoms with Gasteiger partial charge in [-0.3, -0.25) is 9.59 Å². The second-order valence-corrected chi connectivity index (χ2v) is 9.83. The summed E-state index contributed by atoms with van der Waals surface area (Å²) < 4.78 is 5.63. The van der Waals surface area contributed by atoms with Gasteiger partial charge in [-0.15, -0.1) is 0 Å². The van der Waals surface area contributed by atoms with E-state index in [9.17, 15) is 9.59 Å². The zero-order valence-electron chi connectivity index (χ0n) is 18.3. The lowest BCUT2D eigenvalue weighted by Crippen LogP contribution is -2.51. The average molecular weight is 532 g/mol. The van der Waals surface area contributed by atoms with Gasteiger partial charge in [0.15, 0.2) is 6.61 Å². The molecule has 9 heteroatoms. The molecular weight excluding hydrogens is 506 g/mol. The molecular formula is C24H26Cl4N2O3. The third-order valence-corrected chi connectivity index (χ3v) is 6.84. The number of hydrogen-bond donors (Lipinski definition) is 1. The van der Waals surface area contributed by atoms with E-state index in [2.05, 4.69) is 5.32 Å². The molecule has 0 aliphatic heterocycles. The molecule has 5 nitrogen and oxygen atoms in total. The van der Waals surface area contributed by atoms with E-state index in [1.54, 1.807) is 37.3 Å². The van der Waals surface area contributed by atoms with Crippen molar-refractivity contribution in [1.82, 2.24) is 10.2 Å². The molecule has 2 aromatic rings. The number of halogens is 4. The maximum absolute atomic E-state index is 13.2. The minimum absolute atomic E-state index is 0.131. The zero-order valence-corrected chi connectivity index (χ0v) is 21.3. The van der Waals surface area contributed by atoms with E-state index >= 15 is 0 Å². The van der Waals surface area contributed by atoms with E-state index in [0.29, 0.717) is 31.4 Å². The highest BCUT2D eigenvalue weighted by molar-refractivity contribution is 6.35. The van der Waals surface area contributed by atoms with Gasteiger partial charge in [0.25, 0.3) is 5.91 Å². The second kappa shape index (κ2) is 12.2. The van der Waals surface area contributed by atoms with Crippen LogP contribution in [0.15, 0.2) is 36.4 Å². The topological polar surface area (TPSA) is 58.6 Å². The molecule has 1 atom stereocenters. The van der Waals surface area contributed by atoms with Crippen LogP contribution >= 0.6 is 46.4 Å². The molecule has 1 aliphatic carbocycles. The first-order chi connectivity index (χ1) is 15.7. The van der Waals surface area contributed by atoms with E-state index < -0.39 is 6.04 Å². The van der Waals surface area contributed by atoms with Gasteiger partial charge in [-0.2, -0.15) is 0 Å². The molecule has 0 bridgehead atoms. The van der Waals surface area contributed by atoms with Crippen molar-refractivity contribution in [3.63, 3.8) is 0 Å². The van der Waals surface area contributed by atoms with Crippen LogP contribution in [-0.4, -0.2) is 35.4 Å². The lowest BCUT2D eigenvalue weighted by Gasteiger charge is -2.31. The van der Waals surface area contributed by atoms with Crippen molar-refractivity contribution in [2.75, 3.05) is 6.61 Å². The van der Waals surface area contributed by atoms with Crippen molar-refractivity contribution in [3.8, 4) is 5.75 Å². The summed E-state index contributed by atoms with van der Waals surface area (Å²) in [5.41, 5.74) is 0.677. The first-order valence-electron chi connectivity index (χ1n) is 10.9. The molecule has 178 valence electrons. The number of hydrogen-bond acceptors (Lipinski definition) is 3. The SMILES string of the molecule is C[C@@H](C(=O)NC1CCCCC1)N(Cc1ccc(Cl)cc1Cl)C(=O)COc1ccc(Cl)cc1Cl. The van der Waals surface area contributed by atoms with E-state index in [1.165, 1.54) is 17.4 Å². The van der Waals surface area contributed by atoms with Gasteiger partial charge in [0.05, 0.1) is 5.02 Å². The van der Waals surface area contributed by atoms with Crippen LogP contribution in [0.25, 0.3) is 0 Å². The molecule has 0 aromatic heterocycles. The van der Waals surface area contributed by atoms with Crippen LogP contribution in [-0.2, 0) is 16.1 Å². The fraction of sp³-hybridized carbons (Fsp3) is 0.417. The van der Waals surface area contributed by atoms with E-state index in [4.69, 9.17) is 51.1 Å². The Morgan fingerprint density at radius 1 is 1.00 bits per heavy atom. The Kier molecular flexibility index (Phi) is 9.57. The third-order valence-electron chi connectivity index (χ3n) is 5.72. The van der Waals surface area contributed by atoms with Crippen LogP contribution < -0.4 is 10.1 Å². The number of benzene rings is 2. The first kappa shape index (κ1) is 26.0. The number of carbonyl (C=O) groups is 2. The van der Waals surface area contributed by atoms with Crippen LogP contribution in [0.2, 0.25) is 20.1 Å². The molecule has 1 N–H and O–H groups in total. The summed E-state index contributed by atoms with van der Waals surface area (Å²) in [4.78, 5) is 27.7. The number of carbonyl (C=O) groups excluding carboxylic acids is 2. The predicted octanol–water partition coefficient (Wildman–Crippen LogP) is 6.55. The van der Waals surface area contributed by atoms with Crippen molar-refractivity contribution in [2.45, 2.75) is 57.7 Å². The fourth-order valence-electron chi connectivity index (χ4n) is 3.80. The predicted molar refractivity (Wildman–Crippen MR) is 133 cm³/mol. The van der Waals surface area contributed by atoms with Crippen molar-refractivity contribution in [3.05, 3.63) is 62.1 Å². The molecule has 0 saturated heterocycles. The highest BCUT2D eigenvalue weighted by Gasteiger charge is 2.29. The first-order valence-corrected chi connectivity index (χ1v) is 12.4. The summed E-state index contributed by atoms with van der Waals surface area (Å²) in [7, 11) is 0. The van der Waals surface area contributed by atoms with E-state index in [1.807, 2.05) is 0 Å². The highest BCUT2D eigenvalue weighted by Crippen LogP contribution is 2.28. The fourth-order valence-corrected chi connectivity index (χ4v) is 4.73. The molecule has 2 aromatic carbocycles. The van der Waals surface area contributed by atoms with Gasteiger partial charge >= 0.3 is 0 Å². The Morgan fingerprint density at radius 2 is 1.64 bits per heavy atom. The third kappa shape index (κ3) is 7.41. The van der Waals surface area contributed by atoms with E-state index in [0.717, 1.165) is 25.7 Å². The molecule has 0 spiro atoms. The van der Waals surface area contributed by atoms with Crippen molar-refractivity contribution >= 4 is 58.2 Å². The number of rotatable bonds is 8. The molecule has 0 radical (unpaired) electrons. The highest BCUT2D eigenvalue weighted by atomic mass is 35.5. The van der Waals surface area contributed by atoms with E-state index in [-0.39, 0.29) is 31.0 Å². The summed E-state index contributed by atoms with van der Waals surface area (Å²) >= 11 is 24.4. The van der Waals surface area contributed by atoms with Gasteiger partial charge in [0, 0.05) is 27.7 Å². The zero-order chi connectivity index (χ0) is 24.0. The van der Waals surface area contributed by atoms with Crippen molar-refractivity contribution in [2.24, 2.45) is 0 Å². The Hall–Kier alpha value is -1.66. The van der Waals surface area contributed by atoms with Gasteiger partial charge in [0.2, 0.25) is 5.91 Å². The molecule has 2 amide bonds. The number of nitrogens with one attached hydrogen (secondary N) is 1. The Morgan fingerprint density at radius 3 is 2.27 bits per heavy atom.